The van der Waals surface area contributed by atoms with Gasteiger partial charge < -0.3 is 4.74 Å². The zero-order valence-electron chi connectivity index (χ0n) is 8.66. The molecule has 1 saturated heterocycles. The predicted molar refractivity (Wildman–Crippen MR) is 58.2 cm³/mol. The summed E-state index contributed by atoms with van der Waals surface area (Å²) in [5, 5.41) is 0.874. The number of hydrogen-bond acceptors (Lipinski definition) is 2. The van der Waals surface area contributed by atoms with Gasteiger partial charge in [0.05, 0.1) is 12.2 Å². The van der Waals surface area contributed by atoms with Gasteiger partial charge in [0.1, 0.15) is 0 Å². The van der Waals surface area contributed by atoms with Gasteiger partial charge in [-0.25, -0.2) is 0 Å². The third-order valence-corrected chi connectivity index (χ3v) is 4.44. The summed E-state index contributed by atoms with van der Waals surface area (Å²) in [5.74, 6) is 2.47. The van der Waals surface area contributed by atoms with Gasteiger partial charge in [0.25, 0.3) is 0 Å². The van der Waals surface area contributed by atoms with Gasteiger partial charge in [-0.2, -0.15) is 11.8 Å². The molecule has 1 saturated carbocycles. The largest absolute Gasteiger partial charge is 0.375 e. The van der Waals surface area contributed by atoms with Gasteiger partial charge in [-0.3, -0.25) is 0 Å². The van der Waals surface area contributed by atoms with E-state index in [0.717, 1.165) is 11.2 Å². The van der Waals surface area contributed by atoms with Crippen molar-refractivity contribution in [2.75, 3.05) is 5.75 Å². The molecular weight excluding hydrogens is 180 g/mol. The fourth-order valence-corrected chi connectivity index (χ4v) is 3.73. The van der Waals surface area contributed by atoms with E-state index in [1.165, 1.54) is 31.4 Å². The highest BCUT2D eigenvalue weighted by Gasteiger charge is 2.27. The first-order valence-electron chi connectivity index (χ1n) is 5.51. The van der Waals surface area contributed by atoms with Crippen molar-refractivity contribution in [1.82, 2.24) is 0 Å². The third-order valence-electron chi connectivity index (χ3n) is 2.92. The second-order valence-electron chi connectivity index (χ2n) is 4.63. The molecule has 0 aromatic heterocycles. The van der Waals surface area contributed by atoms with Gasteiger partial charge in [-0.15, -0.1) is 0 Å². The molecule has 0 amide bonds. The topological polar surface area (TPSA) is 9.23 Å². The minimum Gasteiger partial charge on any atom is -0.375 e. The minimum atomic E-state index is 0.487. The summed E-state index contributed by atoms with van der Waals surface area (Å²) in [7, 11) is 0. The summed E-state index contributed by atoms with van der Waals surface area (Å²) >= 11 is 2.20. The Kier molecular flexibility index (Phi) is 3.20. The Bertz CT molecular complexity index is 157. The first-order chi connectivity index (χ1) is 6.24. The van der Waals surface area contributed by atoms with Gasteiger partial charge >= 0.3 is 0 Å². The van der Waals surface area contributed by atoms with Crippen molar-refractivity contribution < 1.29 is 4.74 Å². The van der Waals surface area contributed by atoms with Crippen molar-refractivity contribution in [3.63, 3.8) is 0 Å². The molecule has 1 nitrogen and oxygen atoms in total. The Labute approximate surface area is 85.6 Å². The lowest BCUT2D eigenvalue weighted by Gasteiger charge is -2.31. The summed E-state index contributed by atoms with van der Waals surface area (Å²) in [5.41, 5.74) is 0. The van der Waals surface area contributed by atoms with Crippen molar-refractivity contribution in [1.29, 1.82) is 0 Å². The first-order valence-corrected chi connectivity index (χ1v) is 6.56. The minimum absolute atomic E-state index is 0.487. The highest BCUT2D eigenvalue weighted by molar-refractivity contribution is 7.99. The molecule has 0 bridgehead atoms. The van der Waals surface area contributed by atoms with Crippen molar-refractivity contribution in [2.24, 2.45) is 5.92 Å². The normalized spacial score (nSPS) is 40.6. The molecule has 0 radical (unpaired) electrons. The summed E-state index contributed by atoms with van der Waals surface area (Å²) in [6.07, 6.45) is 6.48. The Hall–Kier alpha value is 0.310. The zero-order valence-corrected chi connectivity index (χ0v) is 9.48. The number of ether oxygens (including phenoxy) is 1. The van der Waals surface area contributed by atoms with Gasteiger partial charge in [0.2, 0.25) is 0 Å². The van der Waals surface area contributed by atoms with Crippen LogP contribution in [0.3, 0.4) is 0 Å². The molecule has 1 aliphatic carbocycles. The molecule has 0 aromatic carbocycles. The molecule has 2 fully saturated rings. The Balaban J connectivity index is 1.70. The van der Waals surface area contributed by atoms with Crippen molar-refractivity contribution in [3.05, 3.63) is 0 Å². The van der Waals surface area contributed by atoms with Crippen LogP contribution in [0.2, 0.25) is 0 Å². The van der Waals surface area contributed by atoms with E-state index in [-0.39, 0.29) is 0 Å². The molecule has 3 atom stereocenters. The smallest absolute Gasteiger partial charge is 0.0561 e. The highest BCUT2D eigenvalue weighted by atomic mass is 32.2. The van der Waals surface area contributed by atoms with E-state index < -0.39 is 0 Å². The third kappa shape index (κ3) is 3.17. The molecule has 2 aliphatic rings. The average molecular weight is 200 g/mol. The fraction of sp³-hybridized carbons (Fsp3) is 1.00. The zero-order chi connectivity index (χ0) is 9.26. The van der Waals surface area contributed by atoms with Gasteiger partial charge in [0, 0.05) is 5.25 Å². The lowest BCUT2D eigenvalue weighted by molar-refractivity contribution is -0.0265. The van der Waals surface area contributed by atoms with E-state index in [4.69, 9.17) is 4.74 Å². The molecule has 2 heteroatoms. The lowest BCUT2D eigenvalue weighted by Crippen LogP contribution is -2.31. The molecule has 1 unspecified atom stereocenters. The van der Waals surface area contributed by atoms with Crippen LogP contribution in [0, 0.1) is 5.92 Å². The molecular formula is C11H20OS. The lowest BCUT2D eigenvalue weighted by atomic mass is 10.1. The summed E-state index contributed by atoms with van der Waals surface area (Å²) < 4.78 is 5.73. The average Bonchev–Trinajstić information content (AvgIpc) is 2.81. The summed E-state index contributed by atoms with van der Waals surface area (Å²) in [6.45, 7) is 4.42. The van der Waals surface area contributed by atoms with Crippen molar-refractivity contribution in [3.8, 4) is 0 Å². The maximum Gasteiger partial charge on any atom is 0.0561 e. The Morgan fingerprint density at radius 3 is 2.31 bits per heavy atom. The van der Waals surface area contributed by atoms with Crippen molar-refractivity contribution in [2.45, 2.75) is 57.0 Å². The molecule has 1 aliphatic heterocycles. The van der Waals surface area contributed by atoms with E-state index >= 15 is 0 Å². The SMILES string of the molecule is C[C@@H]1CC(SCC2CC2)C[C@H](C)O1. The van der Waals surface area contributed by atoms with Crippen LogP contribution in [0.15, 0.2) is 0 Å². The fourth-order valence-electron chi connectivity index (χ4n) is 2.04. The highest BCUT2D eigenvalue weighted by Crippen LogP contribution is 2.37. The van der Waals surface area contributed by atoms with Crippen LogP contribution in [-0.4, -0.2) is 23.2 Å². The van der Waals surface area contributed by atoms with Crippen LogP contribution < -0.4 is 0 Å². The van der Waals surface area contributed by atoms with Crippen LogP contribution in [0.5, 0.6) is 0 Å². The van der Waals surface area contributed by atoms with E-state index in [1.54, 1.807) is 0 Å². The quantitative estimate of drug-likeness (QED) is 0.692. The standard InChI is InChI=1S/C11H20OS/c1-8-5-11(6-9(2)12-8)13-7-10-3-4-10/h8-11H,3-7H2,1-2H3/t8-,9+,11?. The Morgan fingerprint density at radius 2 is 1.77 bits per heavy atom. The maximum atomic E-state index is 5.73. The van der Waals surface area contributed by atoms with Gasteiger partial charge in [0.15, 0.2) is 0 Å². The summed E-state index contributed by atoms with van der Waals surface area (Å²) in [4.78, 5) is 0. The number of hydrogen-bond donors (Lipinski definition) is 0. The number of rotatable bonds is 3. The molecule has 1 heterocycles. The predicted octanol–water partition coefficient (Wildman–Crippen LogP) is 3.09. The van der Waals surface area contributed by atoms with E-state index in [9.17, 15) is 0 Å². The first kappa shape index (κ1) is 9.85. The second-order valence-corrected chi connectivity index (χ2v) is 5.96. The van der Waals surface area contributed by atoms with Gasteiger partial charge in [-0.05, 0) is 51.2 Å². The van der Waals surface area contributed by atoms with Crippen molar-refractivity contribution >= 4 is 11.8 Å². The summed E-state index contributed by atoms with van der Waals surface area (Å²) in [6, 6.07) is 0. The van der Waals surface area contributed by atoms with E-state index in [2.05, 4.69) is 25.6 Å². The molecule has 13 heavy (non-hydrogen) atoms. The second kappa shape index (κ2) is 4.22. The van der Waals surface area contributed by atoms with Crippen LogP contribution in [0.25, 0.3) is 0 Å². The van der Waals surface area contributed by atoms with Crippen LogP contribution in [0.1, 0.15) is 39.5 Å². The molecule has 0 aromatic rings. The maximum absolute atomic E-state index is 5.73. The van der Waals surface area contributed by atoms with Gasteiger partial charge in [-0.1, -0.05) is 0 Å². The molecule has 2 rings (SSSR count). The molecule has 0 spiro atoms. The molecule has 0 N–H and O–H groups in total. The van der Waals surface area contributed by atoms with E-state index in [1.807, 2.05) is 0 Å². The number of thioether (sulfide) groups is 1. The molecule has 76 valence electrons. The van der Waals surface area contributed by atoms with E-state index in [0.29, 0.717) is 12.2 Å². The Morgan fingerprint density at radius 1 is 1.15 bits per heavy atom. The monoisotopic (exact) mass is 200 g/mol. The van der Waals surface area contributed by atoms with Crippen LogP contribution in [-0.2, 0) is 4.74 Å². The van der Waals surface area contributed by atoms with Crippen LogP contribution in [0.4, 0.5) is 0 Å². The van der Waals surface area contributed by atoms with Crippen LogP contribution >= 0.6 is 11.8 Å².